The molecule has 0 spiro atoms. The number of nitrogens with one attached hydrogen (secondary N) is 5. The molecule has 6 N–H and O–H groups in total. The average Bonchev–Trinajstić information content (AvgIpc) is 3.35. The van der Waals surface area contributed by atoms with Gasteiger partial charge in [-0.25, -0.2) is 0 Å². The van der Waals surface area contributed by atoms with Crippen molar-refractivity contribution in [2.24, 2.45) is 11.8 Å². The fourth-order valence-corrected chi connectivity index (χ4v) is 5.52. The van der Waals surface area contributed by atoms with Crippen molar-refractivity contribution in [2.75, 3.05) is 64.9 Å². The molecule has 2 saturated heterocycles. The van der Waals surface area contributed by atoms with Crippen molar-refractivity contribution in [3.63, 3.8) is 0 Å². The molecule has 2 aromatic rings. The lowest BCUT2D eigenvalue weighted by atomic mass is 9.84. The van der Waals surface area contributed by atoms with E-state index in [0.717, 1.165) is 82.5 Å². The molecule has 1 aromatic carbocycles. The predicted molar refractivity (Wildman–Crippen MR) is 149 cm³/mol. The van der Waals surface area contributed by atoms with Crippen LogP contribution < -0.4 is 26.6 Å². The summed E-state index contributed by atoms with van der Waals surface area (Å²) < 4.78 is 2.18. The van der Waals surface area contributed by atoms with E-state index in [-0.39, 0.29) is 18.6 Å². The highest BCUT2D eigenvalue weighted by Crippen LogP contribution is 2.24. The number of hydrogen-bond donors (Lipinski definition) is 6. The molecular weight excluding hydrogens is 482 g/mol. The summed E-state index contributed by atoms with van der Waals surface area (Å²) >= 11 is 0. The van der Waals surface area contributed by atoms with Crippen LogP contribution >= 0.6 is 0 Å². The van der Waals surface area contributed by atoms with E-state index in [9.17, 15) is 4.79 Å². The minimum absolute atomic E-state index is 0.0311. The molecule has 210 valence electrons. The number of piperidine rings is 1. The van der Waals surface area contributed by atoms with E-state index < -0.39 is 0 Å². The first kappa shape index (κ1) is 28.4. The van der Waals surface area contributed by atoms with Crippen molar-refractivity contribution >= 4 is 11.6 Å². The zero-order valence-electron chi connectivity index (χ0n) is 22.9. The fourth-order valence-electron chi connectivity index (χ4n) is 5.52. The molecule has 3 heterocycles. The van der Waals surface area contributed by atoms with E-state index in [4.69, 9.17) is 5.11 Å². The second-order valence-electron chi connectivity index (χ2n) is 10.4. The smallest absolute Gasteiger partial charge is 0.251 e. The molecule has 11 heteroatoms. The molecule has 3 atom stereocenters. The zero-order valence-corrected chi connectivity index (χ0v) is 22.9. The molecule has 38 heavy (non-hydrogen) atoms. The lowest BCUT2D eigenvalue weighted by Crippen LogP contribution is -2.42. The summed E-state index contributed by atoms with van der Waals surface area (Å²) in [6, 6.07) is 7.85. The van der Waals surface area contributed by atoms with Crippen LogP contribution in [-0.2, 0) is 13.1 Å². The van der Waals surface area contributed by atoms with Gasteiger partial charge in [-0.15, -0.1) is 10.2 Å². The van der Waals surface area contributed by atoms with Gasteiger partial charge in [-0.3, -0.25) is 9.69 Å². The topological polar surface area (TPSA) is 131 Å². The van der Waals surface area contributed by atoms with Crippen LogP contribution in [-0.4, -0.2) is 90.3 Å². The standard InChI is InChI=1S/C27H45N9O2/c1-3-20-16-29-9-7-22(20)17-32-27(38)21-5-4-6-23(15-21)31-18-25-33-34-26(24-8-10-30-19-35(24)2)36(25)13-11-28-12-14-37/h4-6,15,20,22,24,28-31,37H,3,7-14,16-19H2,1-2H3,(H,32,38). The molecule has 2 aliphatic rings. The largest absolute Gasteiger partial charge is 0.395 e. The van der Waals surface area contributed by atoms with Crippen LogP contribution in [0.1, 0.15) is 54.2 Å². The molecule has 0 radical (unpaired) electrons. The highest BCUT2D eigenvalue weighted by Gasteiger charge is 2.27. The number of aliphatic hydroxyl groups is 1. The number of aliphatic hydroxyl groups excluding tert-OH is 1. The van der Waals surface area contributed by atoms with Gasteiger partial charge in [-0.2, -0.15) is 0 Å². The Labute approximate surface area is 226 Å². The quantitative estimate of drug-likeness (QED) is 0.209. The fraction of sp³-hybridized carbons (Fsp3) is 0.667. The van der Waals surface area contributed by atoms with Gasteiger partial charge in [0.25, 0.3) is 5.91 Å². The van der Waals surface area contributed by atoms with Crippen molar-refractivity contribution in [3.05, 3.63) is 41.5 Å². The van der Waals surface area contributed by atoms with Crippen LogP contribution in [0.2, 0.25) is 0 Å². The average molecular weight is 528 g/mol. The minimum Gasteiger partial charge on any atom is -0.395 e. The Balaban J connectivity index is 1.39. The third kappa shape index (κ3) is 7.51. The van der Waals surface area contributed by atoms with Crippen LogP contribution in [0.5, 0.6) is 0 Å². The number of carbonyl (C=O) groups excluding carboxylic acids is 1. The summed E-state index contributed by atoms with van der Waals surface area (Å²) in [6.45, 7) is 9.38. The van der Waals surface area contributed by atoms with E-state index in [0.29, 0.717) is 30.5 Å². The summed E-state index contributed by atoms with van der Waals surface area (Å²) in [4.78, 5) is 15.2. The summed E-state index contributed by atoms with van der Waals surface area (Å²) in [6.07, 6.45) is 3.20. The maximum atomic E-state index is 12.9. The number of anilines is 1. The maximum Gasteiger partial charge on any atom is 0.251 e. The molecule has 1 aromatic heterocycles. The molecule has 3 unspecified atom stereocenters. The third-order valence-corrected chi connectivity index (χ3v) is 7.83. The predicted octanol–water partition coefficient (Wildman–Crippen LogP) is 0.761. The van der Waals surface area contributed by atoms with E-state index in [1.165, 1.54) is 0 Å². The third-order valence-electron chi connectivity index (χ3n) is 7.83. The maximum absolute atomic E-state index is 12.9. The lowest BCUT2D eigenvalue weighted by molar-refractivity contribution is 0.0935. The Morgan fingerprint density at radius 2 is 2.03 bits per heavy atom. The Morgan fingerprint density at radius 1 is 1.16 bits per heavy atom. The first-order chi connectivity index (χ1) is 18.6. The summed E-state index contributed by atoms with van der Waals surface area (Å²) in [7, 11) is 2.10. The van der Waals surface area contributed by atoms with Gasteiger partial charge in [0, 0.05) is 44.1 Å². The first-order valence-corrected chi connectivity index (χ1v) is 14.1. The van der Waals surface area contributed by atoms with Gasteiger partial charge in [-0.1, -0.05) is 19.4 Å². The molecule has 0 bridgehead atoms. The summed E-state index contributed by atoms with van der Waals surface area (Å²) in [5, 5.41) is 35.0. The number of aromatic nitrogens is 3. The van der Waals surface area contributed by atoms with Crippen LogP contribution in [0, 0.1) is 11.8 Å². The van der Waals surface area contributed by atoms with Crippen LogP contribution in [0.25, 0.3) is 0 Å². The van der Waals surface area contributed by atoms with Crippen molar-refractivity contribution in [2.45, 2.75) is 45.3 Å². The highest BCUT2D eigenvalue weighted by molar-refractivity contribution is 5.95. The number of rotatable bonds is 13. The van der Waals surface area contributed by atoms with Crippen molar-refractivity contribution in [1.82, 2.24) is 40.9 Å². The molecule has 0 saturated carbocycles. The van der Waals surface area contributed by atoms with Gasteiger partial charge in [0.15, 0.2) is 11.6 Å². The zero-order chi connectivity index (χ0) is 26.7. The SMILES string of the molecule is CCC1CNCCC1CNC(=O)c1cccc(NCc2nnc(C3CCNCN3C)n2CCNCCO)c1. The Morgan fingerprint density at radius 3 is 2.84 bits per heavy atom. The van der Waals surface area contributed by atoms with Gasteiger partial charge in [0.1, 0.15) is 0 Å². The number of carbonyl (C=O) groups is 1. The van der Waals surface area contributed by atoms with Crippen LogP contribution in [0.3, 0.4) is 0 Å². The summed E-state index contributed by atoms with van der Waals surface area (Å²) in [5.74, 6) is 2.93. The van der Waals surface area contributed by atoms with Crippen LogP contribution in [0.15, 0.2) is 24.3 Å². The second-order valence-corrected chi connectivity index (χ2v) is 10.4. The van der Waals surface area contributed by atoms with Gasteiger partial charge >= 0.3 is 0 Å². The van der Waals surface area contributed by atoms with Crippen molar-refractivity contribution in [3.8, 4) is 0 Å². The molecule has 0 aliphatic carbocycles. The van der Waals surface area contributed by atoms with Gasteiger partial charge in [0.2, 0.25) is 0 Å². The second kappa shape index (κ2) is 14.5. The number of hydrogen-bond acceptors (Lipinski definition) is 9. The lowest BCUT2D eigenvalue weighted by Gasteiger charge is -2.32. The first-order valence-electron chi connectivity index (χ1n) is 14.1. The van der Waals surface area contributed by atoms with Crippen molar-refractivity contribution in [1.29, 1.82) is 0 Å². The molecule has 4 rings (SSSR count). The molecule has 2 fully saturated rings. The Bertz CT molecular complexity index is 1010. The molecule has 1 amide bonds. The number of benzene rings is 1. The number of nitrogens with zero attached hydrogens (tertiary/aromatic N) is 4. The van der Waals surface area contributed by atoms with E-state index >= 15 is 0 Å². The Hall–Kier alpha value is -2.57. The normalized spacial score (nSPS) is 22.3. The monoisotopic (exact) mass is 527 g/mol. The van der Waals surface area contributed by atoms with E-state index in [2.05, 4.69) is 60.2 Å². The molecule has 2 aliphatic heterocycles. The Kier molecular flexibility index (Phi) is 10.9. The highest BCUT2D eigenvalue weighted by atomic mass is 16.3. The number of amides is 1. The van der Waals surface area contributed by atoms with Crippen LogP contribution in [0.4, 0.5) is 5.69 Å². The van der Waals surface area contributed by atoms with Gasteiger partial charge in [0.05, 0.1) is 19.2 Å². The van der Waals surface area contributed by atoms with Gasteiger partial charge < -0.3 is 36.3 Å². The summed E-state index contributed by atoms with van der Waals surface area (Å²) in [5.41, 5.74) is 1.53. The van der Waals surface area contributed by atoms with E-state index in [1.54, 1.807) is 0 Å². The van der Waals surface area contributed by atoms with Crippen molar-refractivity contribution < 1.29 is 9.90 Å². The molecule has 11 nitrogen and oxygen atoms in total. The van der Waals surface area contributed by atoms with E-state index in [1.807, 2.05) is 24.3 Å². The molecular formula is C27H45N9O2. The van der Waals surface area contributed by atoms with Gasteiger partial charge in [-0.05, 0) is 69.6 Å². The minimum atomic E-state index is -0.0311.